The number of ether oxygens (including phenoxy) is 2. The maximum atomic E-state index is 5.49. The van der Waals surface area contributed by atoms with E-state index in [0.717, 1.165) is 13.2 Å². The van der Waals surface area contributed by atoms with E-state index >= 15 is 0 Å². The molecular formula is C15H25NO2. The van der Waals surface area contributed by atoms with Crippen LogP contribution in [-0.4, -0.2) is 33.0 Å². The summed E-state index contributed by atoms with van der Waals surface area (Å²) >= 11 is 0. The molecule has 0 spiro atoms. The topological polar surface area (TPSA) is 30.5 Å². The molecule has 3 heteroatoms. The van der Waals surface area contributed by atoms with E-state index in [1.807, 2.05) is 12.1 Å². The number of anilines is 1. The van der Waals surface area contributed by atoms with Gasteiger partial charge in [0.05, 0.1) is 19.8 Å². The summed E-state index contributed by atoms with van der Waals surface area (Å²) < 4.78 is 10.9. The first kappa shape index (κ1) is 15.0. The predicted molar refractivity (Wildman–Crippen MR) is 76.1 cm³/mol. The Balaban J connectivity index is 1.98. The van der Waals surface area contributed by atoms with Gasteiger partial charge in [0.15, 0.2) is 0 Å². The summed E-state index contributed by atoms with van der Waals surface area (Å²) in [6, 6.07) is 8.27. The summed E-state index contributed by atoms with van der Waals surface area (Å²) in [5.41, 5.74) is 2.44. The molecule has 1 aromatic carbocycles. The van der Waals surface area contributed by atoms with E-state index in [0.29, 0.717) is 25.7 Å². The Labute approximate surface area is 110 Å². The van der Waals surface area contributed by atoms with E-state index in [9.17, 15) is 0 Å². The highest BCUT2D eigenvalue weighted by Crippen LogP contribution is 2.12. The monoisotopic (exact) mass is 251 g/mol. The van der Waals surface area contributed by atoms with Crippen molar-refractivity contribution in [1.82, 2.24) is 0 Å². The molecule has 18 heavy (non-hydrogen) atoms. The van der Waals surface area contributed by atoms with Gasteiger partial charge in [0, 0.05) is 18.8 Å². The molecular weight excluding hydrogens is 226 g/mol. The molecule has 102 valence electrons. The maximum Gasteiger partial charge on any atom is 0.0701 e. The van der Waals surface area contributed by atoms with Gasteiger partial charge in [0.25, 0.3) is 0 Å². The van der Waals surface area contributed by atoms with Gasteiger partial charge in [-0.3, -0.25) is 0 Å². The normalized spacial score (nSPS) is 10.9. The van der Waals surface area contributed by atoms with Crippen molar-refractivity contribution in [3.05, 3.63) is 29.8 Å². The van der Waals surface area contributed by atoms with Crippen molar-refractivity contribution in [1.29, 1.82) is 0 Å². The summed E-state index contributed by atoms with van der Waals surface area (Å²) in [5.74, 6) is 0.590. The molecule has 0 amide bonds. The van der Waals surface area contributed by atoms with Crippen molar-refractivity contribution in [3.8, 4) is 0 Å². The van der Waals surface area contributed by atoms with Crippen LogP contribution in [0.5, 0.6) is 0 Å². The number of benzene rings is 1. The van der Waals surface area contributed by atoms with Crippen LogP contribution in [0.1, 0.15) is 19.4 Å². The quantitative estimate of drug-likeness (QED) is 0.684. The van der Waals surface area contributed by atoms with Gasteiger partial charge in [0.2, 0.25) is 0 Å². The van der Waals surface area contributed by atoms with E-state index in [-0.39, 0.29) is 0 Å². The number of hydrogen-bond acceptors (Lipinski definition) is 3. The van der Waals surface area contributed by atoms with Crippen LogP contribution < -0.4 is 5.32 Å². The standard InChI is InChI=1S/C15H25NO2/c1-13(2)12-18-11-10-17-9-8-16-15-7-5-4-6-14(15)3/h4-7,13,16H,8-12H2,1-3H3. The fourth-order valence-corrected chi connectivity index (χ4v) is 1.57. The Morgan fingerprint density at radius 3 is 2.50 bits per heavy atom. The van der Waals surface area contributed by atoms with Crippen molar-refractivity contribution in [2.24, 2.45) is 5.92 Å². The number of hydrogen-bond donors (Lipinski definition) is 1. The second kappa shape index (κ2) is 8.95. The number of nitrogens with one attached hydrogen (secondary N) is 1. The van der Waals surface area contributed by atoms with Gasteiger partial charge < -0.3 is 14.8 Å². The molecule has 0 atom stereocenters. The van der Waals surface area contributed by atoms with Gasteiger partial charge in [0.1, 0.15) is 0 Å². The molecule has 0 fully saturated rings. The van der Waals surface area contributed by atoms with Crippen LogP contribution in [0.2, 0.25) is 0 Å². The zero-order chi connectivity index (χ0) is 13.2. The van der Waals surface area contributed by atoms with E-state index in [1.165, 1.54) is 11.3 Å². The second-order valence-electron chi connectivity index (χ2n) is 4.82. The van der Waals surface area contributed by atoms with Gasteiger partial charge in [-0.15, -0.1) is 0 Å². The first-order chi connectivity index (χ1) is 8.70. The molecule has 0 saturated heterocycles. The van der Waals surface area contributed by atoms with Gasteiger partial charge in [-0.2, -0.15) is 0 Å². The third-order valence-electron chi connectivity index (χ3n) is 2.53. The molecule has 1 rings (SSSR count). The summed E-state index contributed by atoms with van der Waals surface area (Å²) in [5, 5.41) is 3.36. The van der Waals surface area contributed by atoms with Gasteiger partial charge in [-0.25, -0.2) is 0 Å². The SMILES string of the molecule is Cc1ccccc1NCCOCCOCC(C)C. The molecule has 1 aromatic rings. The lowest BCUT2D eigenvalue weighted by atomic mass is 10.2. The highest BCUT2D eigenvalue weighted by molar-refractivity contribution is 5.50. The first-order valence-electron chi connectivity index (χ1n) is 6.65. The van der Waals surface area contributed by atoms with Gasteiger partial charge >= 0.3 is 0 Å². The summed E-state index contributed by atoms with van der Waals surface area (Å²) in [6.45, 7) is 10.1. The van der Waals surface area contributed by atoms with Crippen LogP contribution in [0.3, 0.4) is 0 Å². The molecule has 0 aliphatic heterocycles. The highest BCUT2D eigenvalue weighted by Gasteiger charge is 1.96. The van der Waals surface area contributed by atoms with Crippen LogP contribution in [0.25, 0.3) is 0 Å². The van der Waals surface area contributed by atoms with E-state index in [2.05, 4.69) is 38.2 Å². The minimum Gasteiger partial charge on any atom is -0.383 e. The zero-order valence-corrected chi connectivity index (χ0v) is 11.7. The lowest BCUT2D eigenvalue weighted by Gasteiger charge is -2.10. The van der Waals surface area contributed by atoms with Crippen molar-refractivity contribution < 1.29 is 9.47 Å². The fraction of sp³-hybridized carbons (Fsp3) is 0.600. The number of para-hydroxylation sites is 1. The molecule has 0 radical (unpaired) electrons. The fourth-order valence-electron chi connectivity index (χ4n) is 1.57. The lowest BCUT2D eigenvalue weighted by Crippen LogP contribution is -2.14. The Morgan fingerprint density at radius 2 is 1.78 bits per heavy atom. The largest absolute Gasteiger partial charge is 0.383 e. The summed E-state index contributed by atoms with van der Waals surface area (Å²) in [7, 11) is 0. The van der Waals surface area contributed by atoms with Crippen LogP contribution in [0.15, 0.2) is 24.3 Å². The average molecular weight is 251 g/mol. The van der Waals surface area contributed by atoms with Gasteiger partial charge in [-0.1, -0.05) is 32.0 Å². The smallest absolute Gasteiger partial charge is 0.0701 e. The number of aryl methyl sites for hydroxylation is 1. The van der Waals surface area contributed by atoms with Crippen LogP contribution in [-0.2, 0) is 9.47 Å². The average Bonchev–Trinajstić information content (AvgIpc) is 2.34. The highest BCUT2D eigenvalue weighted by atomic mass is 16.5. The Morgan fingerprint density at radius 1 is 1.06 bits per heavy atom. The van der Waals surface area contributed by atoms with Crippen LogP contribution in [0, 0.1) is 12.8 Å². The summed E-state index contributed by atoms with van der Waals surface area (Å²) in [6.07, 6.45) is 0. The predicted octanol–water partition coefficient (Wildman–Crippen LogP) is 3.10. The molecule has 3 nitrogen and oxygen atoms in total. The van der Waals surface area contributed by atoms with Crippen LogP contribution >= 0.6 is 0 Å². The molecule has 0 heterocycles. The van der Waals surface area contributed by atoms with Crippen LogP contribution in [0.4, 0.5) is 5.69 Å². The lowest BCUT2D eigenvalue weighted by molar-refractivity contribution is 0.0411. The first-order valence-corrected chi connectivity index (χ1v) is 6.65. The van der Waals surface area contributed by atoms with E-state index in [4.69, 9.17) is 9.47 Å². The molecule has 0 unspecified atom stereocenters. The number of rotatable bonds is 9. The Hall–Kier alpha value is -1.06. The van der Waals surface area contributed by atoms with Gasteiger partial charge in [-0.05, 0) is 24.5 Å². The summed E-state index contributed by atoms with van der Waals surface area (Å²) in [4.78, 5) is 0. The molecule has 0 saturated carbocycles. The third kappa shape index (κ3) is 6.62. The molecule has 0 aliphatic carbocycles. The zero-order valence-electron chi connectivity index (χ0n) is 11.7. The maximum absolute atomic E-state index is 5.49. The Kier molecular flexibility index (Phi) is 7.46. The molecule has 0 aromatic heterocycles. The van der Waals surface area contributed by atoms with E-state index in [1.54, 1.807) is 0 Å². The van der Waals surface area contributed by atoms with Crippen molar-refractivity contribution in [3.63, 3.8) is 0 Å². The van der Waals surface area contributed by atoms with E-state index < -0.39 is 0 Å². The third-order valence-corrected chi connectivity index (χ3v) is 2.53. The van der Waals surface area contributed by atoms with Crippen molar-refractivity contribution >= 4 is 5.69 Å². The second-order valence-corrected chi connectivity index (χ2v) is 4.82. The molecule has 0 bridgehead atoms. The minimum absolute atomic E-state index is 0.590. The molecule has 1 N–H and O–H groups in total. The Bertz CT molecular complexity index is 326. The van der Waals surface area contributed by atoms with Crippen molar-refractivity contribution in [2.75, 3.05) is 38.3 Å². The van der Waals surface area contributed by atoms with Crippen molar-refractivity contribution in [2.45, 2.75) is 20.8 Å². The minimum atomic E-state index is 0.590. The molecule has 0 aliphatic rings.